The molecule has 0 radical (unpaired) electrons. The number of nitrogens with one attached hydrogen (secondary N) is 1. The van der Waals surface area contributed by atoms with Gasteiger partial charge in [-0.2, -0.15) is 0 Å². The number of hydrogen-bond donors (Lipinski definition) is 1. The zero-order valence-electron chi connectivity index (χ0n) is 13.0. The van der Waals surface area contributed by atoms with Crippen molar-refractivity contribution in [3.63, 3.8) is 0 Å². The summed E-state index contributed by atoms with van der Waals surface area (Å²) in [7, 11) is 1.84. The minimum atomic E-state index is -3.73. The Bertz CT molecular complexity index is 619. The molecule has 0 saturated carbocycles. The van der Waals surface area contributed by atoms with Crippen LogP contribution in [0.25, 0.3) is 6.08 Å². The van der Waals surface area contributed by atoms with Gasteiger partial charge < -0.3 is 14.4 Å². The van der Waals surface area contributed by atoms with E-state index < -0.39 is 22.0 Å². The molecule has 0 amide bonds. The molecule has 1 aromatic carbocycles. The van der Waals surface area contributed by atoms with E-state index in [1.165, 1.54) is 6.08 Å². The summed E-state index contributed by atoms with van der Waals surface area (Å²) in [5.41, 5.74) is 0.746. The van der Waals surface area contributed by atoms with Gasteiger partial charge in [0.2, 0.25) is 10.0 Å². The smallest absolute Gasteiger partial charge is 0.234 e. The zero-order valence-corrected chi connectivity index (χ0v) is 13.8. The predicted molar refractivity (Wildman–Crippen MR) is 83.8 cm³/mol. The fraction of sp³-hybridized carbons (Fsp3) is 0.400. The van der Waals surface area contributed by atoms with Crippen LogP contribution in [0, 0.1) is 0 Å². The van der Waals surface area contributed by atoms with Crippen molar-refractivity contribution >= 4 is 22.1 Å². The van der Waals surface area contributed by atoms with Crippen LogP contribution in [0.4, 0.5) is 0 Å². The van der Waals surface area contributed by atoms with Crippen molar-refractivity contribution in [2.75, 3.05) is 27.7 Å². The lowest BCUT2D eigenvalue weighted by atomic mass is 10.2. The van der Waals surface area contributed by atoms with Gasteiger partial charge in [-0.25, -0.2) is 13.1 Å². The molecule has 6 nitrogen and oxygen atoms in total. The van der Waals surface area contributed by atoms with Crippen LogP contribution in [0.2, 0.25) is 0 Å². The molecule has 0 spiro atoms. The molecule has 0 heterocycles. The molecule has 0 aliphatic rings. The summed E-state index contributed by atoms with van der Waals surface area (Å²) >= 11 is 0. The number of aliphatic carboxylic acids is 1. The van der Waals surface area contributed by atoms with E-state index in [4.69, 9.17) is 0 Å². The molecule has 0 aromatic heterocycles. The van der Waals surface area contributed by atoms with E-state index >= 15 is 0 Å². The van der Waals surface area contributed by atoms with E-state index in [1.54, 1.807) is 24.3 Å². The number of sulfonamides is 1. The number of rotatable bonds is 8. The largest absolute Gasteiger partial charge is 0.550 e. The van der Waals surface area contributed by atoms with Crippen molar-refractivity contribution in [1.29, 1.82) is 0 Å². The summed E-state index contributed by atoms with van der Waals surface area (Å²) < 4.78 is 27.0. The molecular weight excluding hydrogens is 304 g/mol. The summed E-state index contributed by atoms with van der Waals surface area (Å²) in [6.45, 7) is 0.340. The summed E-state index contributed by atoms with van der Waals surface area (Å²) in [5, 5.41) is 11.8. The Morgan fingerprint density at radius 2 is 1.86 bits per heavy atom. The Morgan fingerprint density at radius 3 is 2.36 bits per heavy atom. The van der Waals surface area contributed by atoms with Crippen LogP contribution in [0.15, 0.2) is 35.7 Å². The minimum absolute atomic E-state index is 0.340. The minimum Gasteiger partial charge on any atom is -0.550 e. The molecule has 0 unspecified atom stereocenters. The second kappa shape index (κ2) is 7.53. The highest BCUT2D eigenvalue weighted by molar-refractivity contribution is 7.92. The van der Waals surface area contributed by atoms with Crippen LogP contribution < -0.4 is 9.83 Å². The fourth-order valence-electron chi connectivity index (χ4n) is 2.01. The van der Waals surface area contributed by atoms with Gasteiger partial charge in [0.25, 0.3) is 0 Å². The lowest BCUT2D eigenvalue weighted by Gasteiger charge is -2.29. The Morgan fingerprint density at radius 1 is 1.27 bits per heavy atom. The molecule has 1 atom stereocenters. The molecule has 0 aliphatic carbocycles. The summed E-state index contributed by atoms with van der Waals surface area (Å²) in [4.78, 5) is 10.8. The molecule has 0 bridgehead atoms. The number of carbonyl (C=O) groups excluding carboxylic acids is 1. The van der Waals surface area contributed by atoms with Crippen LogP contribution in [-0.2, 0) is 14.8 Å². The average Bonchev–Trinajstić information content (AvgIpc) is 2.34. The van der Waals surface area contributed by atoms with Crippen molar-refractivity contribution < 1.29 is 22.8 Å². The molecule has 22 heavy (non-hydrogen) atoms. The predicted octanol–water partition coefficient (Wildman–Crippen LogP) is -0.208. The van der Waals surface area contributed by atoms with Gasteiger partial charge in [0.05, 0.1) is 33.7 Å². The summed E-state index contributed by atoms with van der Waals surface area (Å²) in [6, 6.07) is 8.26. The standard InChI is InChI=1S/C15H22N2O4S/c1-17(2,3)12-14(11-15(18)19)16-22(20,21)10-9-13-7-5-4-6-8-13/h4-10,14,16H,11-12H2,1-3H3/b10-9+/t14-/m0/s1. The van der Waals surface area contributed by atoms with E-state index in [0.29, 0.717) is 11.0 Å². The molecule has 0 fully saturated rings. The molecule has 1 N–H and O–H groups in total. The van der Waals surface area contributed by atoms with Crippen molar-refractivity contribution in [2.24, 2.45) is 0 Å². The topological polar surface area (TPSA) is 86.3 Å². The second-order valence-corrected chi connectivity index (χ2v) is 7.72. The Hall–Kier alpha value is -1.70. The third-order valence-corrected chi connectivity index (χ3v) is 3.91. The first-order valence-electron chi connectivity index (χ1n) is 6.83. The molecule has 0 aliphatic heterocycles. The SMILES string of the molecule is C[N+](C)(C)C[C@H](CC(=O)[O-])NS(=O)(=O)/C=C/c1ccccc1. The maximum Gasteiger partial charge on any atom is 0.234 e. The highest BCUT2D eigenvalue weighted by atomic mass is 32.2. The van der Waals surface area contributed by atoms with Crippen LogP contribution in [0.1, 0.15) is 12.0 Å². The number of hydrogen-bond acceptors (Lipinski definition) is 4. The van der Waals surface area contributed by atoms with Crippen LogP contribution >= 0.6 is 0 Å². The Labute approximate surface area is 131 Å². The van der Waals surface area contributed by atoms with Crippen LogP contribution in [0.3, 0.4) is 0 Å². The third kappa shape index (κ3) is 7.92. The second-order valence-electron chi connectivity index (χ2n) is 6.12. The lowest BCUT2D eigenvalue weighted by Crippen LogP contribution is -2.50. The molecule has 7 heteroatoms. The molecule has 1 rings (SSSR count). The third-order valence-electron chi connectivity index (χ3n) is 2.75. The molecule has 122 valence electrons. The monoisotopic (exact) mass is 326 g/mol. The van der Waals surface area contributed by atoms with Gasteiger partial charge in [-0.3, -0.25) is 0 Å². The Balaban J connectivity index is 2.81. The molecule has 1 aromatic rings. The van der Waals surface area contributed by atoms with Crippen molar-refractivity contribution in [2.45, 2.75) is 12.5 Å². The number of carbonyl (C=O) groups is 1. The summed E-state index contributed by atoms with van der Waals surface area (Å²) in [5.74, 6) is -1.28. The van der Waals surface area contributed by atoms with Crippen molar-refractivity contribution in [3.05, 3.63) is 41.3 Å². The highest BCUT2D eigenvalue weighted by Gasteiger charge is 2.22. The van der Waals surface area contributed by atoms with Crippen molar-refractivity contribution in [3.8, 4) is 0 Å². The van der Waals surface area contributed by atoms with E-state index in [9.17, 15) is 18.3 Å². The highest BCUT2D eigenvalue weighted by Crippen LogP contribution is 2.06. The lowest BCUT2D eigenvalue weighted by molar-refractivity contribution is -0.871. The average molecular weight is 326 g/mol. The van der Waals surface area contributed by atoms with E-state index in [1.807, 2.05) is 27.2 Å². The van der Waals surface area contributed by atoms with Gasteiger partial charge in [0.15, 0.2) is 0 Å². The van der Waals surface area contributed by atoms with Gasteiger partial charge >= 0.3 is 0 Å². The number of nitrogens with zero attached hydrogens (tertiary/aromatic N) is 1. The number of carboxylic acid groups (broad SMARTS) is 1. The Kier molecular flexibility index (Phi) is 6.28. The molecular formula is C15H22N2O4S. The van der Waals surface area contributed by atoms with E-state index in [-0.39, 0.29) is 6.42 Å². The van der Waals surface area contributed by atoms with Gasteiger partial charge in [0.1, 0.15) is 0 Å². The maximum atomic E-state index is 12.1. The van der Waals surface area contributed by atoms with Gasteiger partial charge in [-0.1, -0.05) is 30.3 Å². The van der Waals surface area contributed by atoms with Crippen LogP contribution in [-0.4, -0.2) is 52.6 Å². The summed E-state index contributed by atoms with van der Waals surface area (Å²) in [6.07, 6.45) is 1.10. The zero-order chi connectivity index (χ0) is 16.8. The number of carboxylic acids is 1. The fourth-order valence-corrected chi connectivity index (χ4v) is 3.05. The first-order valence-corrected chi connectivity index (χ1v) is 8.38. The normalized spacial score (nSPS) is 14.1. The first-order chi connectivity index (χ1) is 10.1. The van der Waals surface area contributed by atoms with E-state index in [0.717, 1.165) is 11.0 Å². The van der Waals surface area contributed by atoms with Gasteiger partial charge in [-0.15, -0.1) is 0 Å². The molecule has 0 saturated heterocycles. The van der Waals surface area contributed by atoms with Crippen LogP contribution in [0.5, 0.6) is 0 Å². The first kappa shape index (κ1) is 18.3. The quantitative estimate of drug-likeness (QED) is 0.670. The van der Waals surface area contributed by atoms with Crippen molar-refractivity contribution in [1.82, 2.24) is 4.72 Å². The maximum absolute atomic E-state index is 12.1. The van der Waals surface area contributed by atoms with E-state index in [2.05, 4.69) is 4.72 Å². The number of likely N-dealkylation sites (N-methyl/N-ethyl adjacent to an activating group) is 1. The number of benzene rings is 1. The van der Waals surface area contributed by atoms with Gasteiger partial charge in [-0.05, 0) is 11.6 Å². The number of quaternary nitrogens is 1. The van der Waals surface area contributed by atoms with Gasteiger partial charge in [0, 0.05) is 17.8 Å².